The molecular weight excluding hydrogens is 500 g/mol. The number of rotatable bonds is 15. The Labute approximate surface area is 213 Å². The average Bonchev–Trinajstić information content (AvgIpc) is 2.83. The number of nitrogens with one attached hydrogen (secondary N) is 3. The van der Waals surface area contributed by atoms with Gasteiger partial charge in [-0.05, 0) is 20.3 Å². The highest BCUT2D eigenvalue weighted by Crippen LogP contribution is 2.25. The van der Waals surface area contributed by atoms with Gasteiger partial charge in [-0.15, -0.1) is 0 Å². The summed E-state index contributed by atoms with van der Waals surface area (Å²) in [5.41, 5.74) is 5.20. The smallest absolute Gasteiger partial charge is 0.303 e. The van der Waals surface area contributed by atoms with Crippen LogP contribution in [0.3, 0.4) is 0 Å². The molecule has 0 saturated carbocycles. The average molecular weight is 537 g/mol. The fraction of sp³-hybridized carbons (Fsp3) is 0.762. The van der Waals surface area contributed by atoms with E-state index in [1.165, 1.54) is 28.1 Å². The summed E-state index contributed by atoms with van der Waals surface area (Å²) in [6.45, 7) is 1.71. The Bertz CT molecular complexity index is 812. The third-order valence-electron chi connectivity index (χ3n) is 5.48. The molecule has 4 amide bonds. The second-order valence-electron chi connectivity index (χ2n) is 8.35. The maximum atomic E-state index is 12.7. The van der Waals surface area contributed by atoms with Crippen LogP contribution >= 0.6 is 0 Å². The molecule has 0 unspecified atom stereocenters. The van der Waals surface area contributed by atoms with Crippen LogP contribution < -0.4 is 21.7 Å². The molecule has 1 aliphatic heterocycles. The van der Waals surface area contributed by atoms with Gasteiger partial charge in [0.25, 0.3) is 0 Å². The van der Waals surface area contributed by atoms with Crippen molar-refractivity contribution < 1.29 is 58.2 Å². The second-order valence-corrected chi connectivity index (χ2v) is 8.35. The predicted octanol–water partition coefficient (Wildman–Crippen LogP) is -4.04. The highest BCUT2D eigenvalue weighted by Gasteiger charge is 2.48. The molecule has 1 rings (SSSR count). The van der Waals surface area contributed by atoms with Gasteiger partial charge >= 0.3 is 5.97 Å². The largest absolute Gasteiger partial charge is 0.481 e. The van der Waals surface area contributed by atoms with Crippen LogP contribution in [0.5, 0.6) is 0 Å². The van der Waals surface area contributed by atoms with Crippen LogP contribution in [0.1, 0.15) is 26.7 Å². The molecule has 212 valence electrons. The Morgan fingerprint density at radius 1 is 1.08 bits per heavy atom. The summed E-state index contributed by atoms with van der Waals surface area (Å²) in [7, 11) is 2.58. The standard InChI is InChI=1S/C21H36N4O12/c1-9(19(32)24-11(18(22)31)5-6-14(28)29)23-20(33)10(2)36-17-15(25-13(27)8-34-3)21(35-4)37-12(7-26)16(17)30/h9-12,15-17,21,26,30H,5-8H2,1-4H3,(H2,22,31)(H,23,33)(H,24,32)(H,25,27)(H,28,29)/t9-,10+,11+,12+,15+,16+,17+,21+/m0/s1. The van der Waals surface area contributed by atoms with E-state index in [9.17, 15) is 34.2 Å². The van der Waals surface area contributed by atoms with E-state index in [0.717, 1.165) is 0 Å². The number of aliphatic hydroxyl groups is 2. The Morgan fingerprint density at radius 2 is 1.73 bits per heavy atom. The number of hydrogen-bond acceptors (Lipinski definition) is 11. The van der Waals surface area contributed by atoms with E-state index in [2.05, 4.69) is 16.0 Å². The number of carbonyl (C=O) groups excluding carboxylic acids is 4. The van der Waals surface area contributed by atoms with Crippen molar-refractivity contribution in [1.82, 2.24) is 16.0 Å². The van der Waals surface area contributed by atoms with Crippen molar-refractivity contribution in [2.75, 3.05) is 27.4 Å². The van der Waals surface area contributed by atoms with E-state index in [-0.39, 0.29) is 13.0 Å². The lowest BCUT2D eigenvalue weighted by atomic mass is 9.96. The van der Waals surface area contributed by atoms with Gasteiger partial charge in [-0.3, -0.25) is 24.0 Å². The lowest BCUT2D eigenvalue weighted by molar-refractivity contribution is -0.274. The van der Waals surface area contributed by atoms with Gasteiger partial charge in [-0.1, -0.05) is 0 Å². The Morgan fingerprint density at radius 3 is 2.24 bits per heavy atom. The monoisotopic (exact) mass is 536 g/mol. The maximum Gasteiger partial charge on any atom is 0.303 e. The van der Waals surface area contributed by atoms with Crippen LogP contribution in [0.2, 0.25) is 0 Å². The van der Waals surface area contributed by atoms with Crippen molar-refractivity contribution in [2.45, 2.75) is 75.5 Å². The molecule has 37 heavy (non-hydrogen) atoms. The highest BCUT2D eigenvalue weighted by molar-refractivity contribution is 5.92. The van der Waals surface area contributed by atoms with Gasteiger partial charge in [0.2, 0.25) is 23.6 Å². The molecule has 0 aliphatic carbocycles. The number of aliphatic hydroxyl groups excluding tert-OH is 2. The van der Waals surface area contributed by atoms with Crippen molar-refractivity contribution >= 4 is 29.6 Å². The van der Waals surface area contributed by atoms with Crippen molar-refractivity contribution in [3.63, 3.8) is 0 Å². The van der Waals surface area contributed by atoms with E-state index in [1.54, 1.807) is 0 Å². The topological polar surface area (TPSA) is 245 Å². The molecule has 1 heterocycles. The Hall–Kier alpha value is -2.89. The van der Waals surface area contributed by atoms with Crippen LogP contribution in [-0.2, 0) is 42.9 Å². The Kier molecular flexibility index (Phi) is 13.4. The van der Waals surface area contributed by atoms with Crippen LogP contribution in [0.15, 0.2) is 0 Å². The number of amides is 4. The predicted molar refractivity (Wildman–Crippen MR) is 123 cm³/mol. The number of ether oxygens (including phenoxy) is 4. The van der Waals surface area contributed by atoms with Crippen molar-refractivity contribution in [3.8, 4) is 0 Å². The molecule has 0 aromatic carbocycles. The summed E-state index contributed by atoms with van der Waals surface area (Å²) < 4.78 is 21.2. The number of nitrogens with two attached hydrogens (primary N) is 1. The molecule has 1 saturated heterocycles. The number of aliphatic carboxylic acids is 1. The van der Waals surface area contributed by atoms with Crippen LogP contribution in [0, 0.1) is 0 Å². The minimum atomic E-state index is -1.48. The number of carboxylic acid groups (broad SMARTS) is 1. The molecule has 1 aliphatic rings. The van der Waals surface area contributed by atoms with Gasteiger partial charge in [-0.2, -0.15) is 0 Å². The van der Waals surface area contributed by atoms with E-state index in [0.29, 0.717) is 0 Å². The van der Waals surface area contributed by atoms with Gasteiger partial charge in [-0.25, -0.2) is 0 Å². The number of primary amides is 1. The van der Waals surface area contributed by atoms with E-state index < -0.39 is 91.5 Å². The summed E-state index contributed by atoms with van der Waals surface area (Å²) in [6.07, 6.45) is -6.99. The number of carbonyl (C=O) groups is 5. The van der Waals surface area contributed by atoms with Gasteiger partial charge in [0, 0.05) is 20.6 Å². The third kappa shape index (κ3) is 9.83. The quantitative estimate of drug-likeness (QED) is 0.106. The molecule has 8 atom stereocenters. The summed E-state index contributed by atoms with van der Waals surface area (Å²) in [5, 5.41) is 36.2. The minimum absolute atomic E-state index is 0.235. The number of carboxylic acids is 1. The summed E-state index contributed by atoms with van der Waals surface area (Å²) in [6, 6.07) is -3.54. The van der Waals surface area contributed by atoms with Crippen LogP contribution in [0.25, 0.3) is 0 Å². The molecule has 16 heteroatoms. The first-order chi connectivity index (χ1) is 17.4. The summed E-state index contributed by atoms with van der Waals surface area (Å²) in [5.74, 6) is -4.30. The lowest BCUT2D eigenvalue weighted by Crippen LogP contribution is -2.66. The van der Waals surface area contributed by atoms with Gasteiger partial charge in [0.05, 0.1) is 6.61 Å². The SMILES string of the molecule is COCC(=O)N[C@H]1[C@H](OC)O[C@H](CO)[C@@H](O)[C@@H]1O[C@H](C)C(=O)N[C@@H](C)C(=O)N[C@H](CCC(=O)O)C(N)=O. The normalized spacial score (nSPS) is 25.8. The molecule has 16 nitrogen and oxygen atoms in total. The van der Waals surface area contributed by atoms with Crippen LogP contribution in [-0.4, -0.2) is 121 Å². The molecule has 8 N–H and O–H groups in total. The molecule has 1 fully saturated rings. The molecule has 0 aromatic heterocycles. The fourth-order valence-electron chi connectivity index (χ4n) is 3.49. The second kappa shape index (κ2) is 15.4. The fourth-order valence-corrected chi connectivity index (χ4v) is 3.49. The first-order valence-corrected chi connectivity index (χ1v) is 11.4. The molecule has 0 radical (unpaired) electrons. The first-order valence-electron chi connectivity index (χ1n) is 11.4. The minimum Gasteiger partial charge on any atom is -0.481 e. The van der Waals surface area contributed by atoms with Crippen LogP contribution in [0.4, 0.5) is 0 Å². The summed E-state index contributed by atoms with van der Waals surface area (Å²) in [4.78, 5) is 59.5. The van der Waals surface area contributed by atoms with Gasteiger partial charge < -0.3 is 56.0 Å². The van der Waals surface area contributed by atoms with Gasteiger partial charge in [0.15, 0.2) is 6.29 Å². The zero-order valence-corrected chi connectivity index (χ0v) is 21.0. The Balaban J connectivity index is 2.90. The van der Waals surface area contributed by atoms with E-state index in [1.807, 2.05) is 0 Å². The maximum absolute atomic E-state index is 12.7. The zero-order valence-electron chi connectivity index (χ0n) is 21.0. The molecular formula is C21H36N4O12. The molecule has 0 bridgehead atoms. The first kappa shape index (κ1) is 32.1. The van der Waals surface area contributed by atoms with Crippen molar-refractivity contribution in [3.05, 3.63) is 0 Å². The number of methoxy groups -OCH3 is 2. The molecule has 0 spiro atoms. The highest BCUT2D eigenvalue weighted by atomic mass is 16.7. The summed E-state index contributed by atoms with van der Waals surface area (Å²) >= 11 is 0. The lowest BCUT2D eigenvalue weighted by Gasteiger charge is -2.44. The van der Waals surface area contributed by atoms with E-state index >= 15 is 0 Å². The van der Waals surface area contributed by atoms with Crippen molar-refractivity contribution in [2.24, 2.45) is 5.73 Å². The van der Waals surface area contributed by atoms with E-state index in [4.69, 9.17) is 29.8 Å². The van der Waals surface area contributed by atoms with Gasteiger partial charge in [0.1, 0.15) is 49.1 Å². The van der Waals surface area contributed by atoms with Crippen molar-refractivity contribution in [1.29, 1.82) is 0 Å². The third-order valence-corrected chi connectivity index (χ3v) is 5.48. The molecule has 0 aromatic rings. The zero-order chi connectivity index (χ0) is 28.3. The number of hydrogen-bond donors (Lipinski definition) is 7.